The normalized spacial score (nSPS) is 20.0. The summed E-state index contributed by atoms with van der Waals surface area (Å²) in [4.78, 5) is 33.0. The van der Waals surface area contributed by atoms with Gasteiger partial charge in [0.05, 0.1) is 11.6 Å². The number of carbonyl (C=O) groups excluding carboxylic acids is 1. The number of ether oxygens (including phenoxy) is 1. The van der Waals surface area contributed by atoms with Gasteiger partial charge < -0.3 is 20.3 Å². The van der Waals surface area contributed by atoms with Crippen molar-refractivity contribution in [1.29, 1.82) is 0 Å². The second-order valence-corrected chi connectivity index (χ2v) is 8.45. The summed E-state index contributed by atoms with van der Waals surface area (Å²) in [5, 5.41) is 18.4. The molecule has 184 valence electrons. The van der Waals surface area contributed by atoms with Crippen molar-refractivity contribution in [3.8, 4) is 0 Å². The Balaban J connectivity index is 0.000000604. The van der Waals surface area contributed by atoms with Gasteiger partial charge in [-0.3, -0.25) is 9.69 Å². The second kappa shape index (κ2) is 12.9. The predicted octanol–water partition coefficient (Wildman–Crippen LogP) is 3.57. The number of anilines is 1. The fourth-order valence-electron chi connectivity index (χ4n) is 4.03. The third kappa shape index (κ3) is 7.67. The van der Waals surface area contributed by atoms with Crippen LogP contribution in [0.5, 0.6) is 0 Å². The van der Waals surface area contributed by atoms with E-state index in [-0.39, 0.29) is 17.4 Å². The molecule has 3 rings (SSSR count). The summed E-state index contributed by atoms with van der Waals surface area (Å²) in [5.41, 5.74) is 2.75. The highest BCUT2D eigenvalue weighted by atomic mass is 16.5. The zero-order chi connectivity index (χ0) is 25.1. The molecule has 8 heteroatoms. The molecular formula is C26H34N2O6. The van der Waals surface area contributed by atoms with Crippen molar-refractivity contribution in [3.05, 3.63) is 65.7 Å². The molecule has 0 amide bonds. The Labute approximate surface area is 200 Å². The summed E-state index contributed by atoms with van der Waals surface area (Å²) in [6, 6.07) is 18.6. The number of carboxylic acid groups (broad SMARTS) is 2. The Hall–Kier alpha value is -3.23. The van der Waals surface area contributed by atoms with Crippen LogP contribution in [0.4, 0.5) is 5.69 Å². The van der Waals surface area contributed by atoms with Gasteiger partial charge >= 0.3 is 11.9 Å². The number of piperidine rings is 1. The fraction of sp³-hybridized carbons (Fsp3) is 0.423. The van der Waals surface area contributed by atoms with Gasteiger partial charge in [0.2, 0.25) is 0 Å². The number of methoxy groups -OCH3 is 1. The van der Waals surface area contributed by atoms with E-state index >= 15 is 0 Å². The lowest BCUT2D eigenvalue weighted by Crippen LogP contribution is -2.59. The number of benzene rings is 2. The van der Waals surface area contributed by atoms with Gasteiger partial charge in [0.1, 0.15) is 0 Å². The molecule has 0 spiro atoms. The maximum atomic E-state index is 12.3. The first kappa shape index (κ1) is 27.0. The third-order valence-electron chi connectivity index (χ3n) is 6.10. The lowest BCUT2D eigenvalue weighted by molar-refractivity contribution is -0.159. The Morgan fingerprint density at radius 3 is 2.26 bits per heavy atom. The Morgan fingerprint density at radius 2 is 1.68 bits per heavy atom. The molecule has 2 atom stereocenters. The molecule has 0 radical (unpaired) electrons. The van der Waals surface area contributed by atoms with Gasteiger partial charge in [-0.25, -0.2) is 9.59 Å². The van der Waals surface area contributed by atoms with Crippen LogP contribution in [0.25, 0.3) is 0 Å². The van der Waals surface area contributed by atoms with Crippen molar-refractivity contribution in [2.75, 3.05) is 32.1 Å². The topological polar surface area (TPSA) is 116 Å². The van der Waals surface area contributed by atoms with Crippen LogP contribution in [-0.2, 0) is 20.7 Å². The van der Waals surface area contributed by atoms with E-state index in [0.717, 1.165) is 43.7 Å². The first-order valence-electron chi connectivity index (χ1n) is 11.4. The molecule has 34 heavy (non-hydrogen) atoms. The van der Waals surface area contributed by atoms with Crippen molar-refractivity contribution < 1.29 is 29.3 Å². The first-order valence-corrected chi connectivity index (χ1v) is 11.4. The van der Waals surface area contributed by atoms with Crippen molar-refractivity contribution in [1.82, 2.24) is 4.90 Å². The Bertz CT molecular complexity index is 953. The van der Waals surface area contributed by atoms with E-state index in [1.165, 1.54) is 5.56 Å². The van der Waals surface area contributed by atoms with Crippen molar-refractivity contribution in [2.24, 2.45) is 0 Å². The first-order chi connectivity index (χ1) is 16.2. The number of carbonyl (C=O) groups is 3. The monoisotopic (exact) mass is 470 g/mol. The molecule has 1 aliphatic heterocycles. The number of nitrogens with one attached hydrogen (secondary N) is 1. The van der Waals surface area contributed by atoms with E-state index < -0.39 is 11.9 Å². The maximum Gasteiger partial charge on any atom is 0.414 e. The molecule has 1 heterocycles. The van der Waals surface area contributed by atoms with E-state index in [1.807, 2.05) is 31.2 Å². The minimum Gasteiger partial charge on any atom is -0.473 e. The number of carboxylic acids is 2. The van der Waals surface area contributed by atoms with Gasteiger partial charge in [0.15, 0.2) is 5.78 Å². The zero-order valence-corrected chi connectivity index (χ0v) is 20.0. The second-order valence-electron chi connectivity index (χ2n) is 8.45. The molecule has 0 aliphatic carbocycles. The van der Waals surface area contributed by atoms with Crippen molar-refractivity contribution in [3.63, 3.8) is 0 Å². The van der Waals surface area contributed by atoms with E-state index in [2.05, 4.69) is 47.5 Å². The average molecular weight is 471 g/mol. The minimum absolute atomic E-state index is 0.163. The number of hydrogen-bond donors (Lipinski definition) is 3. The molecule has 2 aromatic rings. The molecule has 8 nitrogen and oxygen atoms in total. The van der Waals surface area contributed by atoms with E-state index in [0.29, 0.717) is 6.42 Å². The maximum absolute atomic E-state index is 12.3. The molecule has 3 N–H and O–H groups in total. The molecular weight excluding hydrogens is 436 g/mol. The summed E-state index contributed by atoms with van der Waals surface area (Å²) in [7, 11) is 1.79. The van der Waals surface area contributed by atoms with Crippen molar-refractivity contribution in [2.45, 2.75) is 44.8 Å². The van der Waals surface area contributed by atoms with Gasteiger partial charge in [0, 0.05) is 44.4 Å². The molecule has 2 unspecified atom stereocenters. The van der Waals surface area contributed by atoms with Gasteiger partial charge in [-0.05, 0) is 37.5 Å². The van der Waals surface area contributed by atoms with E-state index in [9.17, 15) is 4.79 Å². The predicted molar refractivity (Wildman–Crippen MR) is 130 cm³/mol. The fourth-order valence-corrected chi connectivity index (χ4v) is 4.03. The smallest absolute Gasteiger partial charge is 0.414 e. The highest BCUT2D eigenvalue weighted by molar-refractivity contribution is 6.27. The van der Waals surface area contributed by atoms with Crippen molar-refractivity contribution >= 4 is 23.4 Å². The standard InChI is InChI=1S/C24H32N2O2.C2H2O4/c1-4-22(27)20-12-8-9-13-21(20)25-23-15-17-26(18-24(23,2)28-3)16-14-19-10-6-5-7-11-19;3-1(4)2(5)6/h5-13,23,25H,4,14-18H2,1-3H3;(H,3,4)(H,5,6). The van der Waals surface area contributed by atoms with Gasteiger partial charge in [-0.1, -0.05) is 49.4 Å². The number of ketones is 1. The quantitative estimate of drug-likeness (QED) is 0.396. The molecule has 0 bridgehead atoms. The van der Waals surface area contributed by atoms with Crippen LogP contribution in [-0.4, -0.2) is 71.2 Å². The molecule has 2 aromatic carbocycles. The summed E-state index contributed by atoms with van der Waals surface area (Å²) >= 11 is 0. The third-order valence-corrected chi connectivity index (χ3v) is 6.10. The largest absolute Gasteiger partial charge is 0.473 e. The van der Waals surface area contributed by atoms with Gasteiger partial charge in [0.25, 0.3) is 0 Å². The number of nitrogens with zero attached hydrogens (tertiary/aromatic N) is 1. The number of para-hydroxylation sites is 1. The van der Waals surface area contributed by atoms with Crippen LogP contribution >= 0.6 is 0 Å². The highest BCUT2D eigenvalue weighted by Gasteiger charge is 2.40. The lowest BCUT2D eigenvalue weighted by Gasteiger charge is -2.46. The molecule has 0 saturated carbocycles. The Morgan fingerprint density at radius 1 is 1.06 bits per heavy atom. The number of rotatable bonds is 8. The summed E-state index contributed by atoms with van der Waals surface area (Å²) in [5.74, 6) is -3.48. The van der Waals surface area contributed by atoms with Crippen LogP contribution in [0, 0.1) is 0 Å². The molecule has 1 aliphatic rings. The molecule has 1 saturated heterocycles. The summed E-state index contributed by atoms with van der Waals surface area (Å²) < 4.78 is 5.98. The number of aliphatic carboxylic acids is 2. The average Bonchev–Trinajstić information content (AvgIpc) is 2.85. The van der Waals surface area contributed by atoms with Gasteiger partial charge in [-0.15, -0.1) is 0 Å². The highest BCUT2D eigenvalue weighted by Crippen LogP contribution is 2.29. The van der Waals surface area contributed by atoms with Crippen LogP contribution in [0.15, 0.2) is 54.6 Å². The number of hydrogen-bond acceptors (Lipinski definition) is 6. The lowest BCUT2D eigenvalue weighted by atomic mass is 9.87. The molecule has 0 aromatic heterocycles. The summed E-state index contributed by atoms with van der Waals surface area (Å²) in [6.07, 6.45) is 2.54. The SMILES string of the molecule is CCC(=O)c1ccccc1NC1CCN(CCc2ccccc2)CC1(C)OC.O=C(O)C(=O)O. The summed E-state index contributed by atoms with van der Waals surface area (Å²) in [6.45, 7) is 7.00. The zero-order valence-electron chi connectivity index (χ0n) is 20.0. The van der Waals surface area contributed by atoms with Crippen LogP contribution in [0.1, 0.15) is 42.6 Å². The van der Waals surface area contributed by atoms with E-state index in [1.54, 1.807) is 7.11 Å². The number of Topliss-reactive ketones (excluding diaryl/α,β-unsaturated/α-hetero) is 1. The van der Waals surface area contributed by atoms with Crippen LogP contribution in [0.2, 0.25) is 0 Å². The number of likely N-dealkylation sites (tertiary alicyclic amines) is 1. The Kier molecular flexibility index (Phi) is 10.2. The van der Waals surface area contributed by atoms with Crippen LogP contribution < -0.4 is 5.32 Å². The van der Waals surface area contributed by atoms with E-state index in [4.69, 9.17) is 24.5 Å². The minimum atomic E-state index is -1.82. The van der Waals surface area contributed by atoms with Crippen LogP contribution in [0.3, 0.4) is 0 Å². The molecule has 1 fully saturated rings. The van der Waals surface area contributed by atoms with Gasteiger partial charge in [-0.2, -0.15) is 0 Å².